The van der Waals surface area contributed by atoms with Gasteiger partial charge >= 0.3 is 0 Å². The molecule has 0 spiro atoms. The summed E-state index contributed by atoms with van der Waals surface area (Å²) in [6.07, 6.45) is 3.17. The summed E-state index contributed by atoms with van der Waals surface area (Å²) < 4.78 is 31.2. The van der Waals surface area contributed by atoms with Gasteiger partial charge in [0, 0.05) is 18.5 Å². The smallest absolute Gasteiger partial charge is 0.251 e. The summed E-state index contributed by atoms with van der Waals surface area (Å²) in [6, 6.07) is 6.97. The van der Waals surface area contributed by atoms with Crippen LogP contribution in [0.1, 0.15) is 35.5 Å². The van der Waals surface area contributed by atoms with Crippen LogP contribution in [0, 0.1) is 11.6 Å². The summed E-state index contributed by atoms with van der Waals surface area (Å²) in [6.45, 7) is 0.460. The van der Waals surface area contributed by atoms with E-state index in [2.05, 4.69) is 15.5 Å². The standard InChI is InChI=1S/C18H17F2N3O2S/c19-13-8-7-12(11-14(13)20)18(24)21-9-3-1-2-6-16-22-17(23-25-16)15-5-4-10-26-15/h4-5,7-8,10-11H,1-3,6,9H2,(H,21,24). The highest BCUT2D eigenvalue weighted by Crippen LogP contribution is 2.21. The molecule has 2 heterocycles. The molecule has 0 aliphatic carbocycles. The lowest BCUT2D eigenvalue weighted by molar-refractivity contribution is 0.0952. The first-order valence-corrected chi connectivity index (χ1v) is 9.11. The van der Waals surface area contributed by atoms with Gasteiger partial charge in [-0.05, 0) is 42.5 Å². The highest BCUT2D eigenvalue weighted by atomic mass is 32.1. The Hall–Kier alpha value is -2.61. The second kappa shape index (κ2) is 8.66. The molecule has 0 fully saturated rings. The van der Waals surface area contributed by atoms with Crippen LogP contribution in [0.4, 0.5) is 8.78 Å². The topological polar surface area (TPSA) is 68.0 Å². The van der Waals surface area contributed by atoms with E-state index in [1.54, 1.807) is 11.3 Å². The third kappa shape index (κ3) is 4.72. The number of halogens is 2. The summed E-state index contributed by atoms with van der Waals surface area (Å²) in [5.74, 6) is -1.21. The summed E-state index contributed by atoms with van der Waals surface area (Å²) in [7, 11) is 0. The van der Waals surface area contributed by atoms with Crippen molar-refractivity contribution in [2.75, 3.05) is 6.54 Å². The van der Waals surface area contributed by atoms with E-state index in [4.69, 9.17) is 4.52 Å². The van der Waals surface area contributed by atoms with Crippen LogP contribution in [0.2, 0.25) is 0 Å². The fourth-order valence-electron chi connectivity index (χ4n) is 2.38. The van der Waals surface area contributed by atoms with Gasteiger partial charge in [-0.25, -0.2) is 8.78 Å². The zero-order valence-corrected chi connectivity index (χ0v) is 14.7. The number of benzene rings is 1. The fourth-order valence-corrected chi connectivity index (χ4v) is 3.03. The first-order valence-electron chi connectivity index (χ1n) is 8.23. The van der Waals surface area contributed by atoms with Crippen molar-refractivity contribution in [2.24, 2.45) is 0 Å². The summed E-state index contributed by atoms with van der Waals surface area (Å²) in [5, 5.41) is 8.60. The summed E-state index contributed by atoms with van der Waals surface area (Å²) in [5.41, 5.74) is 0.107. The van der Waals surface area contributed by atoms with Gasteiger partial charge in [0.05, 0.1) is 4.88 Å². The molecule has 136 valence electrons. The van der Waals surface area contributed by atoms with E-state index in [9.17, 15) is 13.6 Å². The van der Waals surface area contributed by atoms with E-state index >= 15 is 0 Å². The van der Waals surface area contributed by atoms with E-state index in [0.29, 0.717) is 24.7 Å². The minimum absolute atomic E-state index is 0.107. The first-order chi connectivity index (χ1) is 12.6. The van der Waals surface area contributed by atoms with Crippen molar-refractivity contribution < 1.29 is 18.1 Å². The molecule has 5 nitrogen and oxygen atoms in total. The van der Waals surface area contributed by atoms with Gasteiger partial charge in [0.2, 0.25) is 11.7 Å². The van der Waals surface area contributed by atoms with Gasteiger partial charge in [-0.3, -0.25) is 4.79 Å². The Morgan fingerprint density at radius 3 is 2.81 bits per heavy atom. The number of aryl methyl sites for hydroxylation is 1. The number of carbonyl (C=O) groups is 1. The van der Waals surface area contributed by atoms with Crippen LogP contribution >= 0.6 is 11.3 Å². The number of nitrogens with zero attached hydrogens (tertiary/aromatic N) is 2. The third-order valence-electron chi connectivity index (χ3n) is 3.74. The van der Waals surface area contributed by atoms with Gasteiger partial charge in [0.15, 0.2) is 11.6 Å². The Morgan fingerprint density at radius 2 is 2.04 bits per heavy atom. The highest BCUT2D eigenvalue weighted by Gasteiger charge is 2.10. The minimum Gasteiger partial charge on any atom is -0.352 e. The van der Waals surface area contributed by atoms with Crippen molar-refractivity contribution >= 4 is 17.2 Å². The Kier molecular flexibility index (Phi) is 6.06. The number of unbranched alkanes of at least 4 members (excludes halogenated alkanes) is 2. The molecule has 1 N–H and O–H groups in total. The van der Waals surface area contributed by atoms with E-state index in [-0.39, 0.29) is 5.56 Å². The molecule has 0 unspecified atom stereocenters. The molecule has 0 radical (unpaired) electrons. The predicted octanol–water partition coefficient (Wildman–Crippen LogP) is 4.22. The maximum Gasteiger partial charge on any atom is 0.251 e. The van der Waals surface area contributed by atoms with Crippen LogP contribution in [0.5, 0.6) is 0 Å². The molecular formula is C18H17F2N3O2S. The maximum absolute atomic E-state index is 13.1. The molecule has 0 saturated heterocycles. The van der Waals surface area contributed by atoms with Crippen LogP contribution in [0.15, 0.2) is 40.2 Å². The average Bonchev–Trinajstić information content (AvgIpc) is 3.31. The largest absolute Gasteiger partial charge is 0.352 e. The van der Waals surface area contributed by atoms with Crippen LogP contribution < -0.4 is 5.32 Å². The molecule has 0 aliphatic rings. The SMILES string of the molecule is O=C(NCCCCCc1nc(-c2cccs2)no1)c1ccc(F)c(F)c1. The second-order valence-corrected chi connectivity index (χ2v) is 6.63. The third-order valence-corrected chi connectivity index (χ3v) is 4.61. The van der Waals surface area contributed by atoms with Crippen molar-refractivity contribution in [1.29, 1.82) is 0 Å². The number of aromatic nitrogens is 2. The lowest BCUT2D eigenvalue weighted by Crippen LogP contribution is -2.24. The molecule has 1 amide bonds. The maximum atomic E-state index is 13.1. The molecular weight excluding hydrogens is 360 g/mol. The monoisotopic (exact) mass is 377 g/mol. The Bertz CT molecular complexity index is 865. The van der Waals surface area contributed by atoms with Gasteiger partial charge in [0.25, 0.3) is 5.91 Å². The normalized spacial score (nSPS) is 10.8. The van der Waals surface area contributed by atoms with Crippen LogP contribution in [-0.4, -0.2) is 22.6 Å². The molecule has 1 aromatic carbocycles. The van der Waals surface area contributed by atoms with Crippen molar-refractivity contribution in [1.82, 2.24) is 15.5 Å². The summed E-state index contributed by atoms with van der Waals surface area (Å²) in [4.78, 5) is 17.2. The fraction of sp³-hybridized carbons (Fsp3) is 0.278. The molecule has 3 rings (SSSR count). The lowest BCUT2D eigenvalue weighted by atomic mass is 10.1. The first kappa shape index (κ1) is 18.2. The van der Waals surface area contributed by atoms with E-state index in [0.717, 1.165) is 36.3 Å². The number of thiophene rings is 1. The van der Waals surface area contributed by atoms with E-state index < -0.39 is 17.5 Å². The quantitative estimate of drug-likeness (QED) is 0.597. The summed E-state index contributed by atoms with van der Waals surface area (Å²) >= 11 is 1.56. The van der Waals surface area contributed by atoms with Gasteiger partial charge in [-0.1, -0.05) is 17.6 Å². The number of hydrogen-bond acceptors (Lipinski definition) is 5. The molecule has 0 bridgehead atoms. The number of amides is 1. The van der Waals surface area contributed by atoms with Crippen LogP contribution in [0.3, 0.4) is 0 Å². The Morgan fingerprint density at radius 1 is 1.15 bits per heavy atom. The minimum atomic E-state index is -1.03. The Labute approximate surface area is 153 Å². The predicted molar refractivity (Wildman–Crippen MR) is 93.9 cm³/mol. The molecule has 0 saturated carbocycles. The molecule has 0 atom stereocenters. The van der Waals surface area contributed by atoms with Crippen molar-refractivity contribution in [3.05, 3.63) is 58.8 Å². The number of hydrogen-bond donors (Lipinski definition) is 1. The lowest BCUT2D eigenvalue weighted by Gasteiger charge is -2.05. The second-order valence-electron chi connectivity index (χ2n) is 5.68. The molecule has 26 heavy (non-hydrogen) atoms. The van der Waals surface area contributed by atoms with Gasteiger partial charge in [-0.2, -0.15) is 4.98 Å². The van der Waals surface area contributed by atoms with Gasteiger partial charge < -0.3 is 9.84 Å². The van der Waals surface area contributed by atoms with E-state index in [1.165, 1.54) is 6.07 Å². The highest BCUT2D eigenvalue weighted by molar-refractivity contribution is 7.13. The average molecular weight is 377 g/mol. The van der Waals surface area contributed by atoms with Gasteiger partial charge in [-0.15, -0.1) is 11.3 Å². The van der Waals surface area contributed by atoms with E-state index in [1.807, 2.05) is 17.5 Å². The molecule has 3 aromatic rings. The number of nitrogens with one attached hydrogen (secondary N) is 1. The van der Waals surface area contributed by atoms with Crippen molar-refractivity contribution in [3.63, 3.8) is 0 Å². The van der Waals surface area contributed by atoms with Crippen molar-refractivity contribution in [3.8, 4) is 10.7 Å². The molecule has 8 heteroatoms. The zero-order chi connectivity index (χ0) is 18.4. The number of carbonyl (C=O) groups excluding carboxylic acids is 1. The zero-order valence-electron chi connectivity index (χ0n) is 13.9. The van der Waals surface area contributed by atoms with Gasteiger partial charge in [0.1, 0.15) is 0 Å². The van der Waals surface area contributed by atoms with Crippen LogP contribution in [-0.2, 0) is 6.42 Å². The Balaban J connectivity index is 1.34. The molecule has 0 aliphatic heterocycles. The number of rotatable bonds is 8. The van der Waals surface area contributed by atoms with Crippen LogP contribution in [0.25, 0.3) is 10.7 Å². The molecule has 2 aromatic heterocycles. The van der Waals surface area contributed by atoms with Crippen molar-refractivity contribution in [2.45, 2.75) is 25.7 Å².